The minimum absolute atomic E-state index is 0.907. The lowest BCUT2D eigenvalue weighted by Gasteiger charge is -1.97. The summed E-state index contributed by atoms with van der Waals surface area (Å²) in [6.45, 7) is 2.91. The van der Waals surface area contributed by atoms with Crippen molar-refractivity contribution in [2.24, 2.45) is 0 Å². The Morgan fingerprint density at radius 3 is 2.71 bits per heavy atom. The molecule has 0 amide bonds. The quantitative estimate of drug-likeness (QED) is 0.651. The van der Waals surface area contributed by atoms with Crippen LogP contribution in [0.4, 0.5) is 0 Å². The number of hydrogen-bond acceptors (Lipinski definition) is 1. The van der Waals surface area contributed by atoms with E-state index in [0.29, 0.717) is 0 Å². The van der Waals surface area contributed by atoms with Crippen LogP contribution >= 0.6 is 0 Å². The van der Waals surface area contributed by atoms with Crippen molar-refractivity contribution >= 4 is 0 Å². The molecule has 0 N–H and O–H groups in total. The van der Waals surface area contributed by atoms with Gasteiger partial charge in [-0.3, -0.25) is 0 Å². The summed E-state index contributed by atoms with van der Waals surface area (Å²) in [5, 5.41) is 0. The first-order valence-corrected chi connectivity index (χ1v) is 4.70. The molecule has 70 valence electrons. The van der Waals surface area contributed by atoms with Gasteiger partial charge in [0.05, 0.1) is 6.20 Å². The van der Waals surface area contributed by atoms with Crippen molar-refractivity contribution in [3.63, 3.8) is 0 Å². The van der Waals surface area contributed by atoms with E-state index in [1.54, 1.807) is 0 Å². The molecule has 14 heavy (non-hydrogen) atoms. The van der Waals surface area contributed by atoms with E-state index in [2.05, 4.69) is 33.8 Å². The van der Waals surface area contributed by atoms with Gasteiger partial charge in [-0.1, -0.05) is 30.3 Å². The average Bonchev–Trinajstić information content (AvgIpc) is 2.19. The number of rotatable bonds is 2. The lowest BCUT2D eigenvalue weighted by atomic mass is 10.2. The van der Waals surface area contributed by atoms with Crippen LogP contribution in [0.3, 0.4) is 0 Å². The van der Waals surface area contributed by atoms with Gasteiger partial charge in [-0.15, -0.1) is 0 Å². The smallest absolute Gasteiger partial charge is 0.190 e. The van der Waals surface area contributed by atoms with E-state index in [4.69, 9.17) is 0 Å². The normalized spacial score (nSPS) is 10.1. The van der Waals surface area contributed by atoms with Gasteiger partial charge in [0.2, 0.25) is 0 Å². The first-order chi connectivity index (χ1) is 6.84. The Morgan fingerprint density at radius 2 is 2.00 bits per heavy atom. The molecule has 0 radical (unpaired) electrons. The van der Waals surface area contributed by atoms with Crippen LogP contribution in [0.1, 0.15) is 11.3 Å². The van der Waals surface area contributed by atoms with Crippen molar-refractivity contribution in [3.05, 3.63) is 60.2 Å². The van der Waals surface area contributed by atoms with E-state index in [-0.39, 0.29) is 0 Å². The Bertz CT molecular complexity index is 410. The van der Waals surface area contributed by atoms with Crippen molar-refractivity contribution in [3.8, 4) is 0 Å². The molecule has 0 aliphatic rings. The van der Waals surface area contributed by atoms with E-state index in [9.17, 15) is 0 Å². The predicted octanol–water partition coefficient (Wildman–Crippen LogP) is 1.73. The van der Waals surface area contributed by atoms with E-state index in [1.807, 2.05) is 31.6 Å². The molecule has 2 nitrogen and oxygen atoms in total. The summed E-state index contributed by atoms with van der Waals surface area (Å²) in [6, 6.07) is 10.4. The minimum Gasteiger partial charge on any atom is -0.249 e. The van der Waals surface area contributed by atoms with Gasteiger partial charge in [0.1, 0.15) is 5.69 Å². The Labute approximate surface area is 83.9 Å². The molecule has 0 aliphatic carbocycles. The van der Waals surface area contributed by atoms with Gasteiger partial charge in [0.25, 0.3) is 0 Å². The van der Waals surface area contributed by atoms with Gasteiger partial charge >= 0.3 is 0 Å². The van der Waals surface area contributed by atoms with Crippen LogP contribution in [0.2, 0.25) is 0 Å². The van der Waals surface area contributed by atoms with Crippen LogP contribution in [-0.4, -0.2) is 4.98 Å². The zero-order valence-electron chi connectivity index (χ0n) is 8.22. The lowest BCUT2D eigenvalue weighted by molar-refractivity contribution is -0.689. The van der Waals surface area contributed by atoms with E-state index < -0.39 is 0 Å². The molecular weight excluding hydrogens is 172 g/mol. The molecule has 0 saturated carbocycles. The van der Waals surface area contributed by atoms with Crippen LogP contribution in [0, 0.1) is 6.92 Å². The number of aryl methyl sites for hydroxylation is 1. The third kappa shape index (κ3) is 2.16. The van der Waals surface area contributed by atoms with E-state index >= 15 is 0 Å². The molecule has 0 bridgehead atoms. The van der Waals surface area contributed by atoms with Gasteiger partial charge in [-0.25, -0.2) is 4.98 Å². The topological polar surface area (TPSA) is 16.8 Å². The van der Waals surface area contributed by atoms with E-state index in [1.165, 1.54) is 5.56 Å². The molecule has 1 aromatic carbocycles. The Hall–Kier alpha value is -1.70. The van der Waals surface area contributed by atoms with Crippen LogP contribution < -0.4 is 4.57 Å². The molecule has 2 heteroatoms. The molecule has 0 spiro atoms. The van der Waals surface area contributed by atoms with Crippen molar-refractivity contribution < 1.29 is 4.57 Å². The molecule has 0 fully saturated rings. The second kappa shape index (κ2) is 4.01. The third-order valence-electron chi connectivity index (χ3n) is 2.10. The highest BCUT2D eigenvalue weighted by Crippen LogP contribution is 1.97. The maximum atomic E-state index is 4.16. The molecule has 0 aliphatic heterocycles. The number of hydrogen-bond donors (Lipinski definition) is 0. The summed E-state index contributed by atoms with van der Waals surface area (Å²) in [5.41, 5.74) is 2.35. The standard InChI is InChI=1S/C12H13N2/c1-11-9-14(8-7-13-11)10-12-5-3-2-4-6-12/h2-9H,10H2,1H3/q+1. The minimum atomic E-state index is 0.907. The molecule has 2 aromatic rings. The highest BCUT2D eigenvalue weighted by atomic mass is 15.0. The van der Waals surface area contributed by atoms with Crippen molar-refractivity contribution in [2.75, 3.05) is 0 Å². The number of nitrogens with zero attached hydrogens (tertiary/aromatic N) is 2. The Kier molecular flexibility index (Phi) is 2.54. The fourth-order valence-electron chi connectivity index (χ4n) is 1.45. The maximum absolute atomic E-state index is 4.16. The van der Waals surface area contributed by atoms with Crippen LogP contribution in [-0.2, 0) is 6.54 Å². The zero-order valence-corrected chi connectivity index (χ0v) is 8.22. The van der Waals surface area contributed by atoms with Gasteiger partial charge in [-0.2, -0.15) is 4.57 Å². The monoisotopic (exact) mass is 185 g/mol. The summed E-state index contributed by atoms with van der Waals surface area (Å²) in [7, 11) is 0. The second-order valence-electron chi connectivity index (χ2n) is 3.36. The largest absolute Gasteiger partial charge is 0.249 e. The van der Waals surface area contributed by atoms with E-state index in [0.717, 1.165) is 12.2 Å². The first kappa shape index (κ1) is 8.88. The zero-order chi connectivity index (χ0) is 9.80. The molecule has 1 heterocycles. The van der Waals surface area contributed by atoms with Gasteiger partial charge < -0.3 is 0 Å². The van der Waals surface area contributed by atoms with Crippen molar-refractivity contribution in [1.82, 2.24) is 4.98 Å². The Balaban J connectivity index is 2.19. The predicted molar refractivity (Wildman–Crippen MR) is 54.7 cm³/mol. The fourth-order valence-corrected chi connectivity index (χ4v) is 1.45. The Morgan fingerprint density at radius 1 is 1.21 bits per heavy atom. The summed E-state index contributed by atoms with van der Waals surface area (Å²) < 4.78 is 2.14. The fraction of sp³-hybridized carbons (Fsp3) is 0.167. The van der Waals surface area contributed by atoms with Crippen LogP contribution in [0.5, 0.6) is 0 Å². The molecular formula is C12H13N2+. The average molecular weight is 185 g/mol. The molecule has 0 unspecified atom stereocenters. The van der Waals surface area contributed by atoms with Crippen LogP contribution in [0.15, 0.2) is 48.9 Å². The summed E-state index contributed by atoms with van der Waals surface area (Å²) in [6.07, 6.45) is 5.87. The molecule has 0 atom stereocenters. The molecule has 2 rings (SSSR count). The van der Waals surface area contributed by atoms with Gasteiger partial charge in [-0.05, 0) is 6.92 Å². The highest BCUT2D eigenvalue weighted by molar-refractivity contribution is 5.13. The number of aromatic nitrogens is 2. The molecule has 0 saturated heterocycles. The van der Waals surface area contributed by atoms with Crippen molar-refractivity contribution in [2.45, 2.75) is 13.5 Å². The number of benzene rings is 1. The van der Waals surface area contributed by atoms with Crippen molar-refractivity contribution in [1.29, 1.82) is 0 Å². The SMILES string of the molecule is Cc1c[n+](Cc2ccccc2)ccn1. The lowest BCUT2D eigenvalue weighted by Crippen LogP contribution is -2.33. The summed E-state index contributed by atoms with van der Waals surface area (Å²) in [4.78, 5) is 4.16. The summed E-state index contributed by atoms with van der Waals surface area (Å²) in [5.74, 6) is 0. The maximum Gasteiger partial charge on any atom is 0.190 e. The second-order valence-corrected chi connectivity index (χ2v) is 3.36. The van der Waals surface area contributed by atoms with Crippen LogP contribution in [0.25, 0.3) is 0 Å². The first-order valence-electron chi connectivity index (χ1n) is 4.70. The molecule has 1 aromatic heterocycles. The van der Waals surface area contributed by atoms with Gasteiger partial charge in [0.15, 0.2) is 18.9 Å². The van der Waals surface area contributed by atoms with Gasteiger partial charge in [0, 0.05) is 5.56 Å². The third-order valence-corrected chi connectivity index (χ3v) is 2.10. The highest BCUT2D eigenvalue weighted by Gasteiger charge is 2.01. The summed E-state index contributed by atoms with van der Waals surface area (Å²) >= 11 is 0.